The van der Waals surface area contributed by atoms with E-state index in [4.69, 9.17) is 29.7 Å². The first-order valence-electron chi connectivity index (χ1n) is 16.8. The van der Waals surface area contributed by atoms with E-state index in [1.165, 1.54) is 7.11 Å². The molecule has 0 N–H and O–H groups in total. The van der Waals surface area contributed by atoms with Crippen LogP contribution >= 0.6 is 0 Å². The van der Waals surface area contributed by atoms with Gasteiger partial charge in [0.2, 0.25) is 0 Å². The van der Waals surface area contributed by atoms with Gasteiger partial charge in [0.1, 0.15) is 5.92 Å². The number of ketones is 1. The topological polar surface area (TPSA) is 126 Å². The number of esters is 2. The third-order valence-electron chi connectivity index (χ3n) is 10.2. The Morgan fingerprint density at radius 3 is 2.35 bits per heavy atom. The van der Waals surface area contributed by atoms with Gasteiger partial charge >= 0.3 is 35.0 Å². The molecule has 5 heterocycles. The number of hydrogen-bond acceptors (Lipinski definition) is 5. The molecule has 0 amide bonds. The minimum Gasteiger partial charge on any atom is -0.664 e. The molecule has 3 aromatic rings. The smallest absolute Gasteiger partial charge is 0.664 e. The van der Waals surface area contributed by atoms with Gasteiger partial charge in [-0.25, -0.2) is 0 Å². The number of unbranched alkanes of at least 4 members (excludes halogenated alkanes) is 1. The molecule has 10 heteroatoms. The summed E-state index contributed by atoms with van der Waals surface area (Å²) in [6.07, 6.45) is 10.8. The number of Topliss-reactive ketones (excluding diaryl/α,β-unsaturated/α-hetero) is 1. The fourth-order valence-corrected chi connectivity index (χ4v) is 7.33. The van der Waals surface area contributed by atoms with Crippen LogP contribution in [0.5, 0.6) is 0 Å². The second kappa shape index (κ2) is 14.4. The number of methoxy groups -OCH3 is 1. The summed E-state index contributed by atoms with van der Waals surface area (Å²) in [5.74, 6) is -2.94. The summed E-state index contributed by atoms with van der Waals surface area (Å²) in [4.78, 5) is 55.4. The first-order chi connectivity index (χ1) is 23.0. The third-order valence-corrected chi connectivity index (χ3v) is 10.2. The maximum atomic E-state index is 14.1. The van der Waals surface area contributed by atoms with Gasteiger partial charge in [-0.2, -0.15) is 11.4 Å². The largest absolute Gasteiger partial charge is 2.00 e. The van der Waals surface area contributed by atoms with Crippen LogP contribution in [-0.2, 0) is 25.5 Å². The number of hydrogen-bond donors (Lipinski definition) is 0. The van der Waals surface area contributed by atoms with Crippen LogP contribution in [0.15, 0.2) is 18.0 Å². The average Bonchev–Trinajstić information content (AvgIpc) is 3.80. The molecule has 1 saturated heterocycles. The van der Waals surface area contributed by atoms with Crippen molar-refractivity contribution in [3.63, 3.8) is 0 Å². The van der Waals surface area contributed by atoms with E-state index in [1.807, 2.05) is 45.1 Å². The molecule has 3 aromatic heterocycles. The van der Waals surface area contributed by atoms with Crippen LogP contribution in [0.25, 0.3) is 35.2 Å². The molecule has 0 radical (unpaired) electrons. The summed E-state index contributed by atoms with van der Waals surface area (Å²) in [7, 11) is 1.28. The van der Waals surface area contributed by atoms with Crippen molar-refractivity contribution < 1.29 is 23.9 Å². The molecule has 3 atom stereocenters. The fourth-order valence-electron chi connectivity index (χ4n) is 7.33. The van der Waals surface area contributed by atoms with E-state index in [1.54, 1.807) is 0 Å². The zero-order valence-corrected chi connectivity index (χ0v) is 30.9. The molecule has 0 spiro atoms. The zero-order valence-electron chi connectivity index (χ0n) is 29.5. The van der Waals surface area contributed by atoms with E-state index >= 15 is 0 Å². The fraction of sp³-hybridized carbons (Fsp3) is 0.410. The normalized spacial score (nSPS) is 23.0. The molecule has 1 aliphatic carbocycles. The number of carbonyl (C=O) groups excluding carboxylic acids is 3. The van der Waals surface area contributed by atoms with Gasteiger partial charge in [0, 0.05) is 12.0 Å². The number of rotatable bonds is 9. The Hall–Kier alpha value is -4.02. The quantitative estimate of drug-likeness (QED) is 0.138. The van der Waals surface area contributed by atoms with Gasteiger partial charge in [0.05, 0.1) is 13.7 Å². The molecule has 6 rings (SSSR count). The molecule has 3 aliphatic rings. The maximum Gasteiger partial charge on any atom is 2.00 e. The van der Waals surface area contributed by atoms with Crippen LogP contribution < -0.4 is 25.7 Å². The van der Waals surface area contributed by atoms with Crippen molar-refractivity contribution in [1.82, 2.24) is 15.0 Å². The van der Waals surface area contributed by atoms with Gasteiger partial charge in [-0.3, -0.25) is 14.4 Å². The summed E-state index contributed by atoms with van der Waals surface area (Å²) in [6.45, 7) is 16.6. The number of aromatic nitrogens is 3. The molecule has 2 aliphatic heterocycles. The number of carbonyl (C=O) groups is 3. The van der Waals surface area contributed by atoms with Gasteiger partial charge in [-0.15, -0.1) is 33.5 Å². The van der Waals surface area contributed by atoms with Crippen LogP contribution in [0.4, 0.5) is 0 Å². The molecular weight excluding hydrogens is 629 g/mol. The van der Waals surface area contributed by atoms with Crippen molar-refractivity contribution in [1.29, 1.82) is 0 Å². The van der Waals surface area contributed by atoms with Gasteiger partial charge in [0.25, 0.3) is 0 Å². The first kappa shape index (κ1) is 36.3. The summed E-state index contributed by atoms with van der Waals surface area (Å²) >= 11 is 0. The Bertz CT molecular complexity index is 2040. The van der Waals surface area contributed by atoms with E-state index in [0.29, 0.717) is 46.8 Å². The van der Waals surface area contributed by atoms with Crippen LogP contribution in [0.2, 0.25) is 0 Å². The van der Waals surface area contributed by atoms with E-state index in [9.17, 15) is 14.4 Å². The standard InChI is InChI=1S/C39H43N4O5.Mg/c1-9-12-15-48-32(44)14-13-25-21(6)28-16-26-19(4)23(10-2)30(40-26)17-27-20(5)24(11-3)31(41-27)18-29-22(7)33-37(43-29)34(36(25)42-28)35(38(33)45)39(46)47-8;/h10,16-18,21,25,35H,2,9,11-15H2,1,3-8H3,(H-,42,43,45);/q-3;+2/p-1/b27-17-,28-16-,31-18-;/t21-,25-,35+;/m0./s1. The second-order valence-corrected chi connectivity index (χ2v) is 12.9. The minimum atomic E-state index is -1.20. The number of allylic oxidation sites excluding steroid dienone is 2. The summed E-state index contributed by atoms with van der Waals surface area (Å²) < 4.78 is 10.7. The van der Waals surface area contributed by atoms with Crippen LogP contribution in [-0.4, -0.2) is 54.5 Å². The van der Waals surface area contributed by atoms with Crippen molar-refractivity contribution in [3.8, 4) is 0 Å². The van der Waals surface area contributed by atoms with Gasteiger partial charge in [0.15, 0.2) is 5.78 Å². The molecule has 252 valence electrons. The third kappa shape index (κ3) is 6.18. The Labute approximate surface area is 303 Å². The van der Waals surface area contributed by atoms with E-state index < -0.39 is 11.9 Å². The molecule has 49 heavy (non-hydrogen) atoms. The van der Waals surface area contributed by atoms with Crippen LogP contribution in [0, 0.1) is 38.5 Å². The average molecular weight is 671 g/mol. The van der Waals surface area contributed by atoms with E-state index in [0.717, 1.165) is 69.3 Å². The van der Waals surface area contributed by atoms with Crippen LogP contribution in [0.1, 0.15) is 107 Å². The summed E-state index contributed by atoms with van der Waals surface area (Å²) in [5.41, 5.74) is 9.48. The maximum absolute atomic E-state index is 14.1. The number of nitrogens with zero attached hydrogens (tertiary/aromatic N) is 4. The van der Waals surface area contributed by atoms with Gasteiger partial charge in [-0.1, -0.05) is 85.9 Å². The van der Waals surface area contributed by atoms with Crippen molar-refractivity contribution in [2.75, 3.05) is 13.7 Å². The molecule has 1 fully saturated rings. The van der Waals surface area contributed by atoms with Gasteiger partial charge in [-0.05, 0) is 57.4 Å². The Morgan fingerprint density at radius 2 is 1.67 bits per heavy atom. The summed E-state index contributed by atoms with van der Waals surface area (Å²) in [6, 6.07) is 0. The summed E-state index contributed by atoms with van der Waals surface area (Å²) in [5, 5.41) is 6.75. The Balaban J connectivity index is 0.00000468. The molecule has 0 saturated carbocycles. The van der Waals surface area contributed by atoms with E-state index in [-0.39, 0.29) is 53.1 Å². The van der Waals surface area contributed by atoms with Crippen molar-refractivity contribution in [2.24, 2.45) is 17.8 Å². The number of fused-ring (bicyclic) bond motifs is 7. The second-order valence-electron chi connectivity index (χ2n) is 12.9. The molecule has 0 unspecified atom stereocenters. The first-order valence-corrected chi connectivity index (χ1v) is 16.8. The van der Waals surface area contributed by atoms with E-state index in [2.05, 4.69) is 27.4 Å². The van der Waals surface area contributed by atoms with Crippen molar-refractivity contribution in [3.05, 3.63) is 90.1 Å². The van der Waals surface area contributed by atoms with Crippen LogP contribution in [0.3, 0.4) is 0 Å². The minimum absolute atomic E-state index is 0. The predicted octanol–water partition coefficient (Wildman–Crippen LogP) is 4.78. The number of ether oxygens (including phenoxy) is 2. The zero-order chi connectivity index (χ0) is 34.4. The molecule has 0 aromatic carbocycles. The molecular formula is C39H42MgN4O5-2. The molecule has 9 nitrogen and oxygen atoms in total. The SMILES string of the molecule is C=Cc1c2[n-]c(c1C)/C=C1\[N-]/C(=C3\c4[n-]c(c(C)c4C(=O)[C@@H]3C(=O)OC)/C=c3\[n-]/c(c(C)c3CC)=C\2)[C@@H](CCC(=O)OCCCC)[C@@H]1C.[Mg+2]. The Kier molecular flexibility index (Phi) is 10.7. The Morgan fingerprint density at radius 1 is 0.959 bits per heavy atom. The van der Waals surface area contributed by atoms with Crippen molar-refractivity contribution >= 4 is 70.7 Å². The monoisotopic (exact) mass is 670 g/mol. The molecule has 8 bridgehead atoms. The predicted molar refractivity (Wildman–Crippen MR) is 191 cm³/mol. The van der Waals surface area contributed by atoms with Gasteiger partial charge < -0.3 is 29.7 Å². The van der Waals surface area contributed by atoms with Crippen molar-refractivity contribution in [2.45, 2.75) is 73.6 Å².